The van der Waals surface area contributed by atoms with Crippen molar-refractivity contribution in [2.45, 2.75) is 45.6 Å². The Labute approximate surface area is 167 Å². The van der Waals surface area contributed by atoms with Crippen LogP contribution in [0.15, 0.2) is 22.0 Å². The van der Waals surface area contributed by atoms with Gasteiger partial charge in [-0.25, -0.2) is 0 Å². The van der Waals surface area contributed by atoms with Crippen LogP contribution in [0.1, 0.15) is 66.6 Å². The highest BCUT2D eigenvalue weighted by Gasteiger charge is 2.27. The molecule has 7 heteroatoms. The Balaban J connectivity index is 1.69. The molecule has 2 aromatic rings. The van der Waals surface area contributed by atoms with Gasteiger partial charge in [-0.2, -0.15) is 5.10 Å². The summed E-state index contributed by atoms with van der Waals surface area (Å²) >= 11 is 5.28. The normalized spacial score (nSPS) is 17.6. The van der Waals surface area contributed by atoms with Crippen LogP contribution in [0.25, 0.3) is 0 Å². The first-order valence-corrected chi connectivity index (χ1v) is 10.9. The van der Waals surface area contributed by atoms with Crippen molar-refractivity contribution >= 4 is 33.2 Å². The van der Waals surface area contributed by atoms with Crippen molar-refractivity contribution in [3.8, 4) is 0 Å². The number of hydrogen-bond donors (Lipinski definition) is 2. The molecule has 1 unspecified atom stereocenters. The SMILES string of the molecule is CC1CCN(C(CNC(=O)c2n[nH]c(C(C)C)c2Br)c2cccs2)CC1. The van der Waals surface area contributed by atoms with Crippen LogP contribution < -0.4 is 5.32 Å². The lowest BCUT2D eigenvalue weighted by Gasteiger charge is -2.36. The average Bonchev–Trinajstić information content (AvgIpc) is 3.26. The van der Waals surface area contributed by atoms with Crippen molar-refractivity contribution in [1.29, 1.82) is 0 Å². The van der Waals surface area contributed by atoms with E-state index in [1.54, 1.807) is 11.3 Å². The van der Waals surface area contributed by atoms with E-state index in [9.17, 15) is 4.79 Å². The summed E-state index contributed by atoms with van der Waals surface area (Å²) in [6.07, 6.45) is 2.44. The monoisotopic (exact) mass is 438 g/mol. The Morgan fingerprint density at radius 3 is 2.77 bits per heavy atom. The van der Waals surface area contributed by atoms with Crippen LogP contribution in [-0.2, 0) is 0 Å². The van der Waals surface area contributed by atoms with Gasteiger partial charge >= 0.3 is 0 Å². The maximum atomic E-state index is 12.7. The van der Waals surface area contributed by atoms with Crippen LogP contribution in [0, 0.1) is 5.92 Å². The van der Waals surface area contributed by atoms with Crippen molar-refractivity contribution in [1.82, 2.24) is 20.4 Å². The Morgan fingerprint density at radius 2 is 2.19 bits per heavy atom. The fourth-order valence-corrected chi connectivity index (χ4v) is 5.05. The van der Waals surface area contributed by atoms with Crippen LogP contribution in [0.4, 0.5) is 0 Å². The Bertz CT molecular complexity index is 720. The number of aromatic amines is 1. The maximum Gasteiger partial charge on any atom is 0.273 e. The van der Waals surface area contributed by atoms with Crippen LogP contribution in [0.2, 0.25) is 0 Å². The summed E-state index contributed by atoms with van der Waals surface area (Å²) in [5.74, 6) is 0.943. The van der Waals surface area contributed by atoms with Crippen LogP contribution in [0.5, 0.6) is 0 Å². The third-order valence-corrected chi connectivity index (χ3v) is 6.89. The fraction of sp³-hybridized carbons (Fsp3) is 0.579. The molecule has 0 aromatic carbocycles. The molecule has 0 bridgehead atoms. The molecule has 1 fully saturated rings. The second-order valence-corrected chi connectivity index (χ2v) is 9.19. The number of amides is 1. The number of carbonyl (C=O) groups excluding carboxylic acids is 1. The molecule has 0 spiro atoms. The zero-order valence-corrected chi connectivity index (χ0v) is 18.0. The molecule has 3 rings (SSSR count). The first-order chi connectivity index (χ1) is 12.5. The predicted molar refractivity (Wildman–Crippen MR) is 110 cm³/mol. The summed E-state index contributed by atoms with van der Waals surface area (Å²) in [4.78, 5) is 16.5. The van der Waals surface area contributed by atoms with Gasteiger partial charge in [-0.05, 0) is 65.1 Å². The third kappa shape index (κ3) is 4.38. The molecule has 1 aliphatic rings. The molecule has 0 radical (unpaired) electrons. The first-order valence-electron chi connectivity index (χ1n) is 9.26. The first kappa shape index (κ1) is 19.6. The summed E-state index contributed by atoms with van der Waals surface area (Å²) in [6, 6.07) is 4.48. The van der Waals surface area contributed by atoms with Crippen molar-refractivity contribution in [2.75, 3.05) is 19.6 Å². The minimum absolute atomic E-state index is 0.132. The van der Waals surface area contributed by atoms with Gasteiger partial charge in [0.1, 0.15) is 0 Å². The minimum Gasteiger partial charge on any atom is -0.349 e. The number of nitrogens with zero attached hydrogens (tertiary/aromatic N) is 2. The molecule has 1 amide bonds. The van der Waals surface area contributed by atoms with Crippen molar-refractivity contribution in [3.63, 3.8) is 0 Å². The summed E-state index contributed by atoms with van der Waals surface area (Å²) in [6.45, 7) is 9.24. The average molecular weight is 439 g/mol. The fourth-order valence-electron chi connectivity index (χ4n) is 3.38. The Morgan fingerprint density at radius 1 is 1.46 bits per heavy atom. The topological polar surface area (TPSA) is 61.0 Å². The maximum absolute atomic E-state index is 12.7. The van der Waals surface area contributed by atoms with E-state index in [4.69, 9.17) is 0 Å². The van der Waals surface area contributed by atoms with Gasteiger partial charge in [0.2, 0.25) is 0 Å². The summed E-state index contributed by atoms with van der Waals surface area (Å²) < 4.78 is 0.768. The quantitative estimate of drug-likeness (QED) is 0.694. The van der Waals surface area contributed by atoms with E-state index in [0.29, 0.717) is 12.2 Å². The molecule has 0 saturated carbocycles. The molecule has 5 nitrogen and oxygen atoms in total. The molecule has 2 N–H and O–H groups in total. The van der Waals surface area contributed by atoms with Gasteiger partial charge in [0.05, 0.1) is 16.2 Å². The van der Waals surface area contributed by atoms with Gasteiger partial charge in [0.15, 0.2) is 5.69 Å². The molecule has 3 heterocycles. The number of carbonyl (C=O) groups is 1. The number of hydrogen-bond acceptors (Lipinski definition) is 4. The lowest BCUT2D eigenvalue weighted by Crippen LogP contribution is -2.41. The van der Waals surface area contributed by atoms with Crippen LogP contribution in [0.3, 0.4) is 0 Å². The number of rotatable bonds is 6. The van der Waals surface area contributed by atoms with E-state index in [1.807, 2.05) is 0 Å². The van der Waals surface area contributed by atoms with E-state index in [1.165, 1.54) is 17.7 Å². The van der Waals surface area contributed by atoms with Crippen molar-refractivity contribution in [3.05, 3.63) is 38.3 Å². The van der Waals surface area contributed by atoms with Crippen molar-refractivity contribution < 1.29 is 4.79 Å². The second kappa shape index (κ2) is 8.67. The number of thiophene rings is 1. The molecular weight excluding hydrogens is 412 g/mol. The van der Waals surface area contributed by atoms with Gasteiger partial charge in [-0.15, -0.1) is 11.3 Å². The largest absolute Gasteiger partial charge is 0.349 e. The highest BCUT2D eigenvalue weighted by molar-refractivity contribution is 9.10. The summed E-state index contributed by atoms with van der Waals surface area (Å²) in [5.41, 5.74) is 1.39. The van der Waals surface area contributed by atoms with E-state index in [-0.39, 0.29) is 17.9 Å². The summed E-state index contributed by atoms with van der Waals surface area (Å²) in [5, 5.41) is 12.4. The number of aromatic nitrogens is 2. The van der Waals surface area contributed by atoms with Gasteiger partial charge in [0.25, 0.3) is 5.91 Å². The standard InChI is InChI=1S/C19H27BrN4OS/c1-12(2)17-16(20)18(23-22-17)19(25)21-11-14(15-5-4-10-26-15)24-8-6-13(3)7-9-24/h4-5,10,12-14H,6-9,11H2,1-3H3,(H,21,25)(H,22,23). The van der Waals surface area contributed by atoms with Gasteiger partial charge in [0, 0.05) is 11.4 Å². The highest BCUT2D eigenvalue weighted by Crippen LogP contribution is 2.29. The lowest BCUT2D eigenvalue weighted by molar-refractivity contribution is 0.0909. The zero-order valence-electron chi connectivity index (χ0n) is 15.6. The minimum atomic E-state index is -0.132. The molecule has 1 atom stereocenters. The second-order valence-electron chi connectivity index (χ2n) is 7.41. The number of likely N-dealkylation sites (tertiary alicyclic amines) is 1. The number of nitrogens with one attached hydrogen (secondary N) is 2. The van der Waals surface area contributed by atoms with Gasteiger partial charge in [-0.3, -0.25) is 14.8 Å². The molecule has 2 aromatic heterocycles. The van der Waals surface area contributed by atoms with Gasteiger partial charge in [-0.1, -0.05) is 26.8 Å². The van der Waals surface area contributed by atoms with E-state index < -0.39 is 0 Å². The molecule has 142 valence electrons. The van der Waals surface area contributed by atoms with Crippen LogP contribution in [-0.4, -0.2) is 40.6 Å². The summed E-state index contributed by atoms with van der Waals surface area (Å²) in [7, 11) is 0. The Hall–Kier alpha value is -1.18. The highest BCUT2D eigenvalue weighted by atomic mass is 79.9. The molecule has 0 aliphatic carbocycles. The molecule has 1 aliphatic heterocycles. The number of halogens is 1. The molecule has 1 saturated heterocycles. The molecular formula is C19H27BrN4OS. The van der Waals surface area contributed by atoms with Gasteiger partial charge < -0.3 is 5.32 Å². The van der Waals surface area contributed by atoms with Crippen LogP contribution >= 0.6 is 27.3 Å². The smallest absolute Gasteiger partial charge is 0.273 e. The molecule has 26 heavy (non-hydrogen) atoms. The van der Waals surface area contributed by atoms with E-state index in [2.05, 4.69) is 74.6 Å². The third-order valence-electron chi connectivity index (χ3n) is 5.11. The Kier molecular flexibility index (Phi) is 6.53. The number of H-pyrrole nitrogens is 1. The lowest BCUT2D eigenvalue weighted by atomic mass is 9.97. The zero-order chi connectivity index (χ0) is 18.7. The van der Waals surface area contributed by atoms with Crippen molar-refractivity contribution in [2.24, 2.45) is 5.92 Å². The predicted octanol–water partition coefficient (Wildman–Crippen LogP) is 4.56. The number of piperidine rings is 1. The van der Waals surface area contributed by atoms with E-state index >= 15 is 0 Å². The van der Waals surface area contributed by atoms with E-state index in [0.717, 1.165) is 29.2 Å².